The average Bonchev–Trinajstić information content (AvgIpc) is 3.65. The van der Waals surface area contributed by atoms with E-state index in [1.165, 1.54) is 20.7 Å². The molecular formula is C29H33N3O3S. The van der Waals surface area contributed by atoms with E-state index in [9.17, 15) is 9.59 Å². The van der Waals surface area contributed by atoms with E-state index in [0.717, 1.165) is 75.4 Å². The SMILES string of the molecule is O=C1CCc2ccc(OCCCCN3CCN(c4cccc5sccc45)CC3)cc2N1C(=O)C1CC1. The summed E-state index contributed by atoms with van der Waals surface area (Å²) in [4.78, 5) is 31.7. The minimum absolute atomic E-state index is 0.0238. The number of carbonyl (C=O) groups is 2. The van der Waals surface area contributed by atoms with Gasteiger partial charge in [-0.1, -0.05) is 12.1 Å². The molecule has 1 aromatic heterocycles. The minimum Gasteiger partial charge on any atom is -0.494 e. The number of ether oxygens (including phenoxy) is 1. The molecule has 1 saturated carbocycles. The number of amides is 2. The van der Waals surface area contributed by atoms with E-state index in [1.807, 2.05) is 29.5 Å². The molecule has 3 aliphatic rings. The molecular weight excluding hydrogens is 470 g/mol. The summed E-state index contributed by atoms with van der Waals surface area (Å²) in [5.41, 5.74) is 3.16. The lowest BCUT2D eigenvalue weighted by Gasteiger charge is -2.36. The van der Waals surface area contributed by atoms with Crippen molar-refractivity contribution in [2.24, 2.45) is 5.92 Å². The van der Waals surface area contributed by atoms with Gasteiger partial charge in [0.15, 0.2) is 0 Å². The second kappa shape index (κ2) is 10.2. The van der Waals surface area contributed by atoms with Crippen molar-refractivity contribution >= 4 is 44.6 Å². The van der Waals surface area contributed by atoms with Crippen LogP contribution in [0.3, 0.4) is 0 Å². The van der Waals surface area contributed by atoms with E-state index in [4.69, 9.17) is 4.74 Å². The van der Waals surface area contributed by atoms with E-state index in [-0.39, 0.29) is 17.7 Å². The van der Waals surface area contributed by atoms with Crippen LogP contribution >= 0.6 is 11.3 Å². The molecule has 6 rings (SSSR count). The van der Waals surface area contributed by atoms with Crippen LogP contribution in [0.1, 0.15) is 37.7 Å². The van der Waals surface area contributed by atoms with Crippen LogP contribution in [0.25, 0.3) is 10.1 Å². The number of rotatable bonds is 8. The van der Waals surface area contributed by atoms with Gasteiger partial charge in [0.1, 0.15) is 5.75 Å². The highest BCUT2D eigenvalue weighted by Crippen LogP contribution is 2.38. The number of carbonyl (C=O) groups excluding carboxylic acids is 2. The summed E-state index contributed by atoms with van der Waals surface area (Å²) in [6.45, 7) is 6.03. The number of nitrogens with zero attached hydrogens (tertiary/aromatic N) is 3. The van der Waals surface area contributed by atoms with Crippen LogP contribution in [0, 0.1) is 5.92 Å². The predicted octanol–water partition coefficient (Wildman–Crippen LogP) is 5.10. The third kappa shape index (κ3) is 4.87. The smallest absolute Gasteiger partial charge is 0.236 e. The lowest BCUT2D eigenvalue weighted by atomic mass is 10.0. The van der Waals surface area contributed by atoms with Gasteiger partial charge in [-0.15, -0.1) is 11.3 Å². The lowest BCUT2D eigenvalue weighted by Crippen LogP contribution is -2.46. The molecule has 36 heavy (non-hydrogen) atoms. The van der Waals surface area contributed by atoms with E-state index in [0.29, 0.717) is 19.4 Å². The number of hydrogen-bond donors (Lipinski definition) is 0. The number of unbranched alkanes of at least 4 members (excludes halogenated alkanes) is 1. The summed E-state index contributed by atoms with van der Waals surface area (Å²) in [5, 5.41) is 3.56. The fraction of sp³-hybridized carbons (Fsp3) is 0.448. The standard InChI is InChI=1S/C29H33N3O3S/c33-28-11-9-21-8-10-23(20-26(21)32(28)29(34)22-6-7-22)35-18-2-1-13-30-14-16-31(17-15-30)25-4-3-5-27-24(25)12-19-36-27/h3-5,8,10,12,19-20,22H,1-2,6-7,9,11,13-18H2. The predicted molar refractivity (Wildman–Crippen MR) is 145 cm³/mol. The van der Waals surface area contributed by atoms with Crippen molar-refractivity contribution in [2.75, 3.05) is 49.1 Å². The molecule has 0 N–H and O–H groups in total. The monoisotopic (exact) mass is 503 g/mol. The zero-order chi connectivity index (χ0) is 24.5. The summed E-state index contributed by atoms with van der Waals surface area (Å²) < 4.78 is 7.40. The zero-order valence-corrected chi connectivity index (χ0v) is 21.5. The van der Waals surface area contributed by atoms with Gasteiger partial charge in [0.2, 0.25) is 11.8 Å². The molecule has 0 spiro atoms. The van der Waals surface area contributed by atoms with E-state index in [2.05, 4.69) is 39.4 Å². The minimum atomic E-state index is -0.0800. The molecule has 1 aliphatic carbocycles. The third-order valence-corrected chi connectivity index (χ3v) is 8.51. The fourth-order valence-electron chi connectivity index (χ4n) is 5.39. The maximum absolute atomic E-state index is 12.7. The van der Waals surface area contributed by atoms with E-state index >= 15 is 0 Å². The summed E-state index contributed by atoms with van der Waals surface area (Å²) in [6, 6.07) is 14.7. The highest BCUT2D eigenvalue weighted by atomic mass is 32.1. The topological polar surface area (TPSA) is 53.1 Å². The number of aryl methyl sites for hydroxylation is 1. The number of fused-ring (bicyclic) bond motifs is 2. The molecule has 3 heterocycles. The molecule has 2 aliphatic heterocycles. The van der Waals surface area contributed by atoms with Crippen molar-refractivity contribution in [1.82, 2.24) is 4.90 Å². The van der Waals surface area contributed by atoms with Crippen LogP contribution in [0.4, 0.5) is 11.4 Å². The van der Waals surface area contributed by atoms with E-state index < -0.39 is 0 Å². The Morgan fingerprint density at radius 2 is 1.83 bits per heavy atom. The number of imide groups is 1. The number of thiophene rings is 1. The summed E-state index contributed by atoms with van der Waals surface area (Å²) in [6.07, 6.45) is 4.97. The Morgan fingerprint density at radius 1 is 0.972 bits per heavy atom. The quantitative estimate of drug-likeness (QED) is 0.316. The fourth-order valence-corrected chi connectivity index (χ4v) is 6.20. The molecule has 6 nitrogen and oxygen atoms in total. The largest absolute Gasteiger partial charge is 0.494 e. The highest BCUT2D eigenvalue weighted by molar-refractivity contribution is 7.17. The van der Waals surface area contributed by atoms with Crippen molar-refractivity contribution in [3.63, 3.8) is 0 Å². The first-order valence-corrected chi connectivity index (χ1v) is 14.1. The molecule has 3 aromatic rings. The Kier molecular flexibility index (Phi) is 6.67. The van der Waals surface area contributed by atoms with Crippen LogP contribution in [-0.2, 0) is 16.0 Å². The maximum atomic E-state index is 12.7. The number of hydrogen-bond acceptors (Lipinski definition) is 6. The van der Waals surface area contributed by atoms with Crippen molar-refractivity contribution < 1.29 is 14.3 Å². The van der Waals surface area contributed by atoms with Crippen LogP contribution in [0.15, 0.2) is 47.8 Å². The molecule has 0 atom stereocenters. The van der Waals surface area contributed by atoms with Gasteiger partial charge in [0.25, 0.3) is 0 Å². The first kappa shape index (κ1) is 23.5. The van der Waals surface area contributed by atoms with Gasteiger partial charge in [0.05, 0.1) is 12.3 Å². The third-order valence-electron chi connectivity index (χ3n) is 7.63. The molecule has 2 fully saturated rings. The Bertz CT molecular complexity index is 1260. The van der Waals surface area contributed by atoms with Gasteiger partial charge in [-0.25, -0.2) is 4.90 Å². The van der Waals surface area contributed by atoms with Crippen molar-refractivity contribution in [2.45, 2.75) is 38.5 Å². The lowest BCUT2D eigenvalue weighted by molar-refractivity contribution is -0.127. The summed E-state index contributed by atoms with van der Waals surface area (Å²) in [7, 11) is 0. The molecule has 0 unspecified atom stereocenters. The van der Waals surface area contributed by atoms with Crippen molar-refractivity contribution in [3.8, 4) is 5.75 Å². The number of anilines is 2. The van der Waals surface area contributed by atoms with Gasteiger partial charge < -0.3 is 9.64 Å². The van der Waals surface area contributed by atoms with Crippen LogP contribution in [0.2, 0.25) is 0 Å². The van der Waals surface area contributed by atoms with Gasteiger partial charge in [-0.3, -0.25) is 14.5 Å². The normalized spacial score (nSPS) is 18.5. The number of benzene rings is 2. The van der Waals surface area contributed by atoms with Crippen molar-refractivity contribution in [3.05, 3.63) is 53.4 Å². The molecule has 0 bridgehead atoms. The van der Waals surface area contributed by atoms with Gasteiger partial charge in [-0.05, 0) is 73.9 Å². The zero-order valence-electron chi connectivity index (χ0n) is 20.7. The van der Waals surface area contributed by atoms with Crippen LogP contribution < -0.4 is 14.5 Å². The Hall–Kier alpha value is -2.90. The molecule has 2 aromatic carbocycles. The Morgan fingerprint density at radius 3 is 2.67 bits per heavy atom. The first-order valence-electron chi connectivity index (χ1n) is 13.2. The van der Waals surface area contributed by atoms with Gasteiger partial charge in [-0.2, -0.15) is 0 Å². The molecule has 7 heteroatoms. The summed E-state index contributed by atoms with van der Waals surface area (Å²) in [5.74, 6) is 0.651. The number of piperazine rings is 1. The maximum Gasteiger partial charge on any atom is 0.236 e. The van der Waals surface area contributed by atoms with E-state index in [1.54, 1.807) is 0 Å². The van der Waals surface area contributed by atoms with Crippen LogP contribution in [-0.4, -0.2) is 56.0 Å². The first-order chi connectivity index (χ1) is 17.7. The molecule has 2 amide bonds. The Balaban J connectivity index is 0.962. The Labute approximate surface area is 216 Å². The molecule has 0 radical (unpaired) electrons. The second-order valence-electron chi connectivity index (χ2n) is 10.1. The molecule has 1 saturated heterocycles. The van der Waals surface area contributed by atoms with Gasteiger partial charge in [0, 0.05) is 60.4 Å². The second-order valence-corrected chi connectivity index (χ2v) is 11.1. The summed E-state index contributed by atoms with van der Waals surface area (Å²) >= 11 is 1.81. The van der Waals surface area contributed by atoms with Crippen LogP contribution in [0.5, 0.6) is 5.75 Å². The molecule has 188 valence electrons. The highest BCUT2D eigenvalue weighted by Gasteiger charge is 2.39. The van der Waals surface area contributed by atoms with Crippen molar-refractivity contribution in [1.29, 1.82) is 0 Å². The average molecular weight is 504 g/mol. The van der Waals surface area contributed by atoms with Gasteiger partial charge >= 0.3 is 0 Å².